The lowest BCUT2D eigenvalue weighted by Gasteiger charge is -2.12. The average molecular weight is 245 g/mol. The van der Waals surface area contributed by atoms with Crippen molar-refractivity contribution in [2.75, 3.05) is 20.6 Å². The first kappa shape index (κ1) is 13.2. The first-order valence-electron chi connectivity index (χ1n) is 6.70. The van der Waals surface area contributed by atoms with Crippen molar-refractivity contribution in [2.45, 2.75) is 32.8 Å². The van der Waals surface area contributed by atoms with Crippen LogP contribution >= 0.6 is 0 Å². The van der Waals surface area contributed by atoms with Gasteiger partial charge in [-0.15, -0.1) is 0 Å². The molecule has 98 valence electrons. The highest BCUT2D eigenvalue weighted by Crippen LogP contribution is 2.34. The van der Waals surface area contributed by atoms with Gasteiger partial charge in [0.05, 0.1) is 6.10 Å². The number of hydrogen-bond donors (Lipinski definition) is 0. The number of hydrogen-bond acceptors (Lipinski definition) is 2. The highest BCUT2D eigenvalue weighted by Gasteiger charge is 2.16. The third kappa shape index (κ3) is 3.14. The fourth-order valence-electron chi connectivity index (χ4n) is 2.33. The molecule has 0 saturated heterocycles. The number of ether oxygens (including phenoxy) is 1. The van der Waals surface area contributed by atoms with Gasteiger partial charge in [0.15, 0.2) is 0 Å². The predicted octanol–water partition coefficient (Wildman–Crippen LogP) is 3.37. The summed E-state index contributed by atoms with van der Waals surface area (Å²) in [6, 6.07) is 6.50. The van der Waals surface area contributed by atoms with Crippen molar-refractivity contribution >= 4 is 5.57 Å². The first-order chi connectivity index (χ1) is 8.56. The van der Waals surface area contributed by atoms with Gasteiger partial charge in [-0.25, -0.2) is 0 Å². The molecule has 2 heteroatoms. The van der Waals surface area contributed by atoms with E-state index in [0.717, 1.165) is 25.1 Å². The average Bonchev–Trinajstić information content (AvgIpc) is 2.68. The van der Waals surface area contributed by atoms with Crippen LogP contribution in [0.25, 0.3) is 5.57 Å². The van der Waals surface area contributed by atoms with Crippen molar-refractivity contribution in [3.05, 3.63) is 35.4 Å². The minimum Gasteiger partial charge on any atom is -0.491 e. The van der Waals surface area contributed by atoms with Crippen molar-refractivity contribution in [3.63, 3.8) is 0 Å². The van der Waals surface area contributed by atoms with Crippen molar-refractivity contribution < 1.29 is 4.74 Å². The maximum absolute atomic E-state index is 5.78. The Labute approximate surface area is 110 Å². The highest BCUT2D eigenvalue weighted by molar-refractivity contribution is 5.73. The maximum Gasteiger partial charge on any atom is 0.120 e. The zero-order valence-corrected chi connectivity index (χ0v) is 11.9. The van der Waals surface area contributed by atoms with Crippen LogP contribution in [0, 0.1) is 0 Å². The summed E-state index contributed by atoms with van der Waals surface area (Å²) in [6.45, 7) is 5.13. The third-order valence-electron chi connectivity index (χ3n) is 3.17. The molecule has 1 aliphatic rings. The minimum absolute atomic E-state index is 0.235. The molecular formula is C16H23NO. The molecule has 1 aromatic carbocycles. The van der Waals surface area contributed by atoms with Gasteiger partial charge >= 0.3 is 0 Å². The molecule has 0 aliphatic heterocycles. The molecule has 0 radical (unpaired) electrons. The van der Waals surface area contributed by atoms with Crippen molar-refractivity contribution in [3.8, 4) is 5.75 Å². The molecule has 0 spiro atoms. The molecule has 0 unspecified atom stereocenters. The Morgan fingerprint density at radius 2 is 2.06 bits per heavy atom. The smallest absolute Gasteiger partial charge is 0.120 e. The molecule has 0 saturated carbocycles. The van der Waals surface area contributed by atoms with Crippen LogP contribution in [-0.4, -0.2) is 31.6 Å². The largest absolute Gasteiger partial charge is 0.491 e. The number of likely N-dealkylation sites (N-methyl/N-ethyl adjacent to an activating group) is 1. The second-order valence-electron chi connectivity index (χ2n) is 5.48. The standard InChI is InChI=1S/C16H23NO/c1-12(2)18-15-8-7-13-5-6-14(16(13)11-15)9-10-17(3)4/h7-9,11-12H,5-6,10H2,1-4H3/b14-9+. The summed E-state index contributed by atoms with van der Waals surface area (Å²) < 4.78 is 5.78. The van der Waals surface area contributed by atoms with Gasteiger partial charge in [0.2, 0.25) is 0 Å². The number of aryl methyl sites for hydroxylation is 1. The molecular weight excluding hydrogens is 222 g/mol. The van der Waals surface area contributed by atoms with E-state index in [1.807, 2.05) is 0 Å². The van der Waals surface area contributed by atoms with E-state index >= 15 is 0 Å². The van der Waals surface area contributed by atoms with Crippen LogP contribution in [0.1, 0.15) is 31.4 Å². The molecule has 18 heavy (non-hydrogen) atoms. The van der Waals surface area contributed by atoms with E-state index in [-0.39, 0.29) is 6.10 Å². The summed E-state index contributed by atoms with van der Waals surface area (Å²) in [5.74, 6) is 0.987. The number of allylic oxidation sites excluding steroid dienone is 1. The number of rotatable bonds is 4. The lowest BCUT2D eigenvalue weighted by Crippen LogP contribution is -2.10. The van der Waals surface area contributed by atoms with Gasteiger partial charge in [0.25, 0.3) is 0 Å². The summed E-state index contributed by atoms with van der Waals surface area (Å²) in [6.07, 6.45) is 4.90. The van der Waals surface area contributed by atoms with Crippen molar-refractivity contribution in [2.24, 2.45) is 0 Å². The van der Waals surface area contributed by atoms with E-state index < -0.39 is 0 Å². The summed E-state index contributed by atoms with van der Waals surface area (Å²) >= 11 is 0. The molecule has 0 bridgehead atoms. The zero-order valence-electron chi connectivity index (χ0n) is 11.9. The second kappa shape index (κ2) is 5.57. The Morgan fingerprint density at radius 3 is 2.72 bits per heavy atom. The Kier molecular flexibility index (Phi) is 4.07. The van der Waals surface area contributed by atoms with E-state index in [2.05, 4.69) is 57.1 Å². The maximum atomic E-state index is 5.78. The van der Waals surface area contributed by atoms with Gasteiger partial charge in [-0.2, -0.15) is 0 Å². The molecule has 2 nitrogen and oxygen atoms in total. The number of nitrogens with zero attached hydrogens (tertiary/aromatic N) is 1. The highest BCUT2D eigenvalue weighted by atomic mass is 16.5. The van der Waals surface area contributed by atoms with Gasteiger partial charge in [-0.3, -0.25) is 0 Å². The van der Waals surface area contributed by atoms with Gasteiger partial charge < -0.3 is 9.64 Å². The summed E-state index contributed by atoms with van der Waals surface area (Å²) in [5.41, 5.74) is 4.30. The molecule has 1 aliphatic carbocycles. The van der Waals surface area contributed by atoms with Gasteiger partial charge in [-0.05, 0) is 69.6 Å². The predicted molar refractivity (Wildman–Crippen MR) is 77.1 cm³/mol. The lowest BCUT2D eigenvalue weighted by molar-refractivity contribution is 0.242. The molecule has 0 fully saturated rings. The number of fused-ring (bicyclic) bond motifs is 1. The third-order valence-corrected chi connectivity index (χ3v) is 3.17. The van der Waals surface area contributed by atoms with Crippen LogP contribution in [0.15, 0.2) is 24.3 Å². The topological polar surface area (TPSA) is 12.5 Å². The van der Waals surface area contributed by atoms with E-state index in [1.165, 1.54) is 16.7 Å². The molecule has 0 heterocycles. The molecule has 1 aromatic rings. The normalized spacial score (nSPS) is 16.7. The van der Waals surface area contributed by atoms with E-state index in [1.54, 1.807) is 0 Å². The van der Waals surface area contributed by atoms with Crippen molar-refractivity contribution in [1.82, 2.24) is 4.90 Å². The molecule has 0 N–H and O–H groups in total. The van der Waals surface area contributed by atoms with Gasteiger partial charge in [0, 0.05) is 6.54 Å². The zero-order chi connectivity index (χ0) is 13.1. The Hall–Kier alpha value is -1.28. The van der Waals surface area contributed by atoms with E-state index in [0.29, 0.717) is 0 Å². The second-order valence-corrected chi connectivity index (χ2v) is 5.48. The SMILES string of the molecule is CC(C)Oc1ccc2c(c1)/C(=C/CN(C)C)CC2. The Morgan fingerprint density at radius 1 is 1.28 bits per heavy atom. The van der Waals surface area contributed by atoms with Crippen molar-refractivity contribution in [1.29, 1.82) is 0 Å². The Balaban J connectivity index is 2.22. The monoisotopic (exact) mass is 245 g/mol. The van der Waals surface area contributed by atoms with Crippen LogP contribution in [0.2, 0.25) is 0 Å². The van der Waals surface area contributed by atoms with Gasteiger partial charge in [-0.1, -0.05) is 12.1 Å². The van der Waals surface area contributed by atoms with Crippen LogP contribution in [0.3, 0.4) is 0 Å². The summed E-state index contributed by atoms with van der Waals surface area (Å²) in [5, 5.41) is 0. The quantitative estimate of drug-likeness (QED) is 0.806. The van der Waals surface area contributed by atoms with E-state index in [4.69, 9.17) is 4.74 Å². The number of benzene rings is 1. The van der Waals surface area contributed by atoms with E-state index in [9.17, 15) is 0 Å². The molecule has 0 amide bonds. The molecule has 2 rings (SSSR count). The summed E-state index contributed by atoms with van der Waals surface area (Å²) in [4.78, 5) is 2.19. The van der Waals surface area contributed by atoms with Crippen LogP contribution in [-0.2, 0) is 6.42 Å². The fraction of sp³-hybridized carbons (Fsp3) is 0.500. The minimum atomic E-state index is 0.235. The molecule has 0 atom stereocenters. The first-order valence-corrected chi connectivity index (χ1v) is 6.70. The lowest BCUT2D eigenvalue weighted by atomic mass is 10.1. The van der Waals surface area contributed by atoms with Crippen LogP contribution in [0.5, 0.6) is 5.75 Å². The Bertz CT molecular complexity index is 446. The van der Waals surface area contributed by atoms with Gasteiger partial charge in [0.1, 0.15) is 5.75 Å². The summed E-state index contributed by atoms with van der Waals surface area (Å²) in [7, 11) is 4.20. The fourth-order valence-corrected chi connectivity index (χ4v) is 2.33. The molecule has 0 aromatic heterocycles. The van der Waals surface area contributed by atoms with Crippen LogP contribution in [0.4, 0.5) is 0 Å². The van der Waals surface area contributed by atoms with Crippen LogP contribution < -0.4 is 4.74 Å².